The van der Waals surface area contributed by atoms with Crippen LogP contribution < -0.4 is 15.8 Å². The van der Waals surface area contributed by atoms with Gasteiger partial charge in [-0.15, -0.1) is 12.4 Å². The Balaban J connectivity index is 0.00000220. The van der Waals surface area contributed by atoms with E-state index in [4.69, 9.17) is 10.5 Å². The lowest BCUT2D eigenvalue weighted by Gasteiger charge is -2.17. The highest BCUT2D eigenvalue weighted by Crippen LogP contribution is 2.30. The summed E-state index contributed by atoms with van der Waals surface area (Å²) in [6, 6.07) is 3.90. The van der Waals surface area contributed by atoms with Gasteiger partial charge in [0.05, 0.1) is 18.7 Å². The topological polar surface area (TPSA) is 64.4 Å². The lowest BCUT2D eigenvalue weighted by atomic mass is 10.1. The maximum atomic E-state index is 13.9. The van der Waals surface area contributed by atoms with Crippen LogP contribution >= 0.6 is 12.4 Å². The maximum absolute atomic E-state index is 13.9. The summed E-state index contributed by atoms with van der Waals surface area (Å²) in [5.74, 6) is 0.196. The van der Waals surface area contributed by atoms with Crippen LogP contribution in [0.25, 0.3) is 0 Å². The number of hydrogen-bond acceptors (Lipinski definition) is 3. The number of nitrogens with one attached hydrogen (secondary N) is 1. The first-order valence-corrected chi connectivity index (χ1v) is 6.95. The van der Waals surface area contributed by atoms with Crippen LogP contribution in [0.2, 0.25) is 0 Å². The van der Waals surface area contributed by atoms with E-state index < -0.39 is 11.9 Å². The number of benzene rings is 1. The Morgan fingerprint density at radius 2 is 2.14 bits per heavy atom. The standard InChI is InChI=1S/C15H21FN2O2.ClH/c1-9(17)15(19)18-10(2)12-5-6-14(13(16)7-12)20-8-11-3-4-11;/h5-7,9-11H,3-4,8,17H2,1-2H3,(H,18,19);1H/t9-,10?;/m1./s1. The van der Waals surface area contributed by atoms with E-state index in [2.05, 4.69) is 5.32 Å². The first-order chi connectivity index (χ1) is 9.47. The van der Waals surface area contributed by atoms with Gasteiger partial charge in [-0.25, -0.2) is 4.39 Å². The second kappa shape index (κ2) is 7.61. The highest BCUT2D eigenvalue weighted by molar-refractivity contribution is 5.85. The molecule has 1 aromatic rings. The Morgan fingerprint density at radius 1 is 1.48 bits per heavy atom. The van der Waals surface area contributed by atoms with Crippen molar-refractivity contribution < 1.29 is 13.9 Å². The Bertz CT molecular complexity index is 493. The number of ether oxygens (including phenoxy) is 1. The van der Waals surface area contributed by atoms with E-state index in [1.54, 1.807) is 26.0 Å². The lowest BCUT2D eigenvalue weighted by Crippen LogP contribution is -2.39. The van der Waals surface area contributed by atoms with Crippen molar-refractivity contribution >= 4 is 18.3 Å². The van der Waals surface area contributed by atoms with Gasteiger partial charge in [0.25, 0.3) is 0 Å². The minimum Gasteiger partial charge on any atom is -0.490 e. The summed E-state index contributed by atoms with van der Waals surface area (Å²) in [6.45, 7) is 3.98. The molecule has 2 rings (SSSR count). The smallest absolute Gasteiger partial charge is 0.237 e. The third kappa shape index (κ3) is 5.17. The van der Waals surface area contributed by atoms with Crippen molar-refractivity contribution in [1.82, 2.24) is 5.32 Å². The molecule has 4 nitrogen and oxygen atoms in total. The molecule has 0 aliphatic heterocycles. The molecule has 0 saturated heterocycles. The number of carbonyl (C=O) groups excluding carboxylic acids is 1. The zero-order valence-electron chi connectivity index (χ0n) is 12.3. The van der Waals surface area contributed by atoms with Crippen LogP contribution in [0.1, 0.15) is 38.3 Å². The fraction of sp³-hybridized carbons (Fsp3) is 0.533. The van der Waals surface area contributed by atoms with E-state index in [1.807, 2.05) is 0 Å². The normalized spacial score (nSPS) is 16.6. The number of amides is 1. The summed E-state index contributed by atoms with van der Waals surface area (Å²) in [4.78, 5) is 11.5. The van der Waals surface area contributed by atoms with E-state index in [9.17, 15) is 9.18 Å². The van der Waals surface area contributed by atoms with Gasteiger partial charge in [-0.1, -0.05) is 6.07 Å². The van der Waals surface area contributed by atoms with Gasteiger partial charge >= 0.3 is 0 Å². The molecular formula is C15H22ClFN2O2. The summed E-state index contributed by atoms with van der Waals surface area (Å²) in [6.07, 6.45) is 2.33. The summed E-state index contributed by atoms with van der Waals surface area (Å²) < 4.78 is 19.3. The molecule has 0 aromatic heterocycles. The predicted octanol–water partition coefficient (Wildman–Crippen LogP) is 2.56. The number of rotatable bonds is 6. The van der Waals surface area contributed by atoms with E-state index in [1.165, 1.54) is 18.9 Å². The molecule has 1 saturated carbocycles. The van der Waals surface area contributed by atoms with E-state index >= 15 is 0 Å². The molecule has 1 fully saturated rings. The minimum atomic E-state index is -0.580. The monoisotopic (exact) mass is 316 g/mol. The molecule has 3 N–H and O–H groups in total. The molecule has 0 heterocycles. The van der Waals surface area contributed by atoms with Crippen molar-refractivity contribution in [1.29, 1.82) is 0 Å². The number of carbonyl (C=O) groups is 1. The molecule has 0 bridgehead atoms. The molecule has 1 amide bonds. The van der Waals surface area contributed by atoms with Crippen LogP contribution in [-0.2, 0) is 4.79 Å². The van der Waals surface area contributed by atoms with Gasteiger partial charge < -0.3 is 15.8 Å². The van der Waals surface area contributed by atoms with Crippen LogP contribution in [0.5, 0.6) is 5.75 Å². The van der Waals surface area contributed by atoms with Crippen molar-refractivity contribution in [2.75, 3.05) is 6.61 Å². The summed E-state index contributed by atoms with van der Waals surface area (Å²) in [5.41, 5.74) is 6.17. The first kappa shape index (κ1) is 17.7. The summed E-state index contributed by atoms with van der Waals surface area (Å²) in [5, 5.41) is 2.73. The summed E-state index contributed by atoms with van der Waals surface area (Å²) >= 11 is 0. The van der Waals surface area contributed by atoms with Gasteiger partial charge in [0.1, 0.15) is 0 Å². The van der Waals surface area contributed by atoms with Crippen molar-refractivity contribution in [2.24, 2.45) is 11.7 Å². The van der Waals surface area contributed by atoms with Crippen LogP contribution in [0.4, 0.5) is 4.39 Å². The number of nitrogens with two attached hydrogens (primary N) is 1. The van der Waals surface area contributed by atoms with Gasteiger partial charge in [-0.05, 0) is 50.3 Å². The van der Waals surface area contributed by atoms with Gasteiger partial charge in [0, 0.05) is 0 Å². The van der Waals surface area contributed by atoms with E-state index in [0.717, 1.165) is 0 Å². The molecule has 118 valence electrons. The molecule has 2 atom stereocenters. The van der Waals surface area contributed by atoms with Crippen molar-refractivity contribution in [2.45, 2.75) is 38.8 Å². The fourth-order valence-corrected chi connectivity index (χ4v) is 1.82. The second-order valence-electron chi connectivity index (χ2n) is 5.46. The average Bonchev–Trinajstić information content (AvgIpc) is 3.21. The molecular weight excluding hydrogens is 295 g/mol. The molecule has 1 aromatic carbocycles. The van der Waals surface area contributed by atoms with Gasteiger partial charge in [-0.2, -0.15) is 0 Å². The second-order valence-corrected chi connectivity index (χ2v) is 5.46. The highest BCUT2D eigenvalue weighted by Gasteiger charge is 2.22. The first-order valence-electron chi connectivity index (χ1n) is 6.95. The van der Waals surface area contributed by atoms with Gasteiger partial charge in [0.15, 0.2) is 11.6 Å². The molecule has 0 spiro atoms. The van der Waals surface area contributed by atoms with Crippen LogP contribution in [0, 0.1) is 11.7 Å². The molecule has 0 radical (unpaired) electrons. The SMILES string of the molecule is CC(NC(=O)[C@@H](C)N)c1ccc(OCC2CC2)c(F)c1.Cl. The van der Waals surface area contributed by atoms with E-state index in [0.29, 0.717) is 18.1 Å². The number of halogens is 2. The lowest BCUT2D eigenvalue weighted by molar-refractivity contribution is -0.122. The zero-order chi connectivity index (χ0) is 14.7. The molecule has 21 heavy (non-hydrogen) atoms. The zero-order valence-corrected chi connectivity index (χ0v) is 13.1. The summed E-state index contributed by atoms with van der Waals surface area (Å²) in [7, 11) is 0. The maximum Gasteiger partial charge on any atom is 0.237 e. The third-order valence-electron chi connectivity index (χ3n) is 3.40. The average molecular weight is 317 g/mol. The van der Waals surface area contributed by atoms with E-state index in [-0.39, 0.29) is 30.1 Å². The highest BCUT2D eigenvalue weighted by atomic mass is 35.5. The van der Waals surface area contributed by atoms with Gasteiger partial charge in [-0.3, -0.25) is 4.79 Å². The predicted molar refractivity (Wildman–Crippen MR) is 82.1 cm³/mol. The third-order valence-corrected chi connectivity index (χ3v) is 3.40. The Hall–Kier alpha value is -1.33. The van der Waals surface area contributed by atoms with Crippen molar-refractivity contribution in [3.8, 4) is 5.75 Å². The molecule has 1 aliphatic carbocycles. The minimum absolute atomic E-state index is 0. The quantitative estimate of drug-likeness (QED) is 0.847. The van der Waals surface area contributed by atoms with Crippen LogP contribution in [0.15, 0.2) is 18.2 Å². The Labute approximate surface area is 130 Å². The number of hydrogen-bond donors (Lipinski definition) is 2. The van der Waals surface area contributed by atoms with Crippen LogP contribution in [0.3, 0.4) is 0 Å². The van der Waals surface area contributed by atoms with Gasteiger partial charge in [0.2, 0.25) is 5.91 Å². The Morgan fingerprint density at radius 3 is 2.67 bits per heavy atom. The van der Waals surface area contributed by atoms with Crippen LogP contribution in [-0.4, -0.2) is 18.6 Å². The van der Waals surface area contributed by atoms with Crippen molar-refractivity contribution in [3.63, 3.8) is 0 Å². The fourth-order valence-electron chi connectivity index (χ4n) is 1.82. The largest absolute Gasteiger partial charge is 0.490 e. The molecule has 1 unspecified atom stereocenters. The molecule has 6 heteroatoms. The Kier molecular flexibility index (Phi) is 6.42. The molecule has 1 aliphatic rings. The van der Waals surface area contributed by atoms with Crippen molar-refractivity contribution in [3.05, 3.63) is 29.6 Å².